The highest BCUT2D eigenvalue weighted by molar-refractivity contribution is 5.78. The largest absolute Gasteiger partial charge is 0.356 e. The van der Waals surface area contributed by atoms with E-state index in [-0.39, 0.29) is 17.2 Å². The van der Waals surface area contributed by atoms with Gasteiger partial charge in [0.2, 0.25) is 5.91 Å². The molecule has 0 aromatic heterocycles. The molecule has 0 aliphatic heterocycles. The minimum absolute atomic E-state index is 0.138. The molecule has 2 atom stereocenters. The van der Waals surface area contributed by atoms with E-state index in [1.807, 2.05) is 24.3 Å². The van der Waals surface area contributed by atoms with Gasteiger partial charge in [0.05, 0.1) is 0 Å². The molecule has 2 rings (SSSR count). The predicted molar refractivity (Wildman–Crippen MR) is 88.0 cm³/mol. The van der Waals surface area contributed by atoms with Crippen LogP contribution in [0.4, 0.5) is 0 Å². The molecule has 0 spiro atoms. The lowest BCUT2D eigenvalue weighted by molar-refractivity contribution is -0.124. The number of carbonyl (C=O) groups is 1. The summed E-state index contributed by atoms with van der Waals surface area (Å²) in [6.07, 6.45) is 6.08. The van der Waals surface area contributed by atoms with Gasteiger partial charge in [-0.2, -0.15) is 0 Å². The number of hydrogen-bond donors (Lipinski definition) is 1. The average Bonchev–Trinajstić information content (AvgIpc) is 2.99. The summed E-state index contributed by atoms with van der Waals surface area (Å²) in [6, 6.07) is 10.3. The molecule has 1 N–H and O–H groups in total. The van der Waals surface area contributed by atoms with Gasteiger partial charge in [-0.05, 0) is 42.6 Å². The van der Waals surface area contributed by atoms with Crippen molar-refractivity contribution in [3.05, 3.63) is 48.6 Å². The van der Waals surface area contributed by atoms with Crippen LogP contribution < -0.4 is 5.32 Å². The summed E-state index contributed by atoms with van der Waals surface area (Å²) in [6.45, 7) is 9.11. The van der Waals surface area contributed by atoms with Crippen LogP contribution in [0.2, 0.25) is 0 Å². The van der Waals surface area contributed by atoms with Crippen LogP contribution in [0, 0.1) is 17.3 Å². The van der Waals surface area contributed by atoms with Gasteiger partial charge < -0.3 is 5.32 Å². The summed E-state index contributed by atoms with van der Waals surface area (Å²) in [5.74, 6) is 0.998. The number of allylic oxidation sites excluding steroid dienone is 1. The molecule has 0 radical (unpaired) electrons. The third kappa shape index (κ3) is 4.20. The van der Waals surface area contributed by atoms with Gasteiger partial charge in [0.15, 0.2) is 0 Å². The molecular formula is C19H27NO. The first-order chi connectivity index (χ1) is 10.0. The number of nitrogens with one attached hydrogen (secondary N) is 1. The zero-order valence-corrected chi connectivity index (χ0v) is 13.3. The number of amides is 1. The van der Waals surface area contributed by atoms with Crippen LogP contribution >= 0.6 is 0 Å². The molecule has 1 aromatic rings. The molecule has 2 unspecified atom stereocenters. The molecular weight excluding hydrogens is 258 g/mol. The second-order valence-electron chi connectivity index (χ2n) is 6.76. The third-order valence-electron chi connectivity index (χ3n) is 4.94. The molecule has 0 heterocycles. The van der Waals surface area contributed by atoms with Gasteiger partial charge in [-0.3, -0.25) is 4.79 Å². The van der Waals surface area contributed by atoms with Gasteiger partial charge >= 0.3 is 0 Å². The Morgan fingerprint density at radius 2 is 2.05 bits per heavy atom. The summed E-state index contributed by atoms with van der Waals surface area (Å²) in [5.41, 5.74) is 1.41. The Morgan fingerprint density at radius 1 is 1.33 bits per heavy atom. The Balaban J connectivity index is 1.76. The van der Waals surface area contributed by atoms with E-state index in [4.69, 9.17) is 0 Å². The van der Waals surface area contributed by atoms with Crippen molar-refractivity contribution in [1.29, 1.82) is 0 Å². The van der Waals surface area contributed by atoms with Crippen molar-refractivity contribution in [3.63, 3.8) is 0 Å². The van der Waals surface area contributed by atoms with E-state index in [0.29, 0.717) is 5.92 Å². The standard InChI is InChI=1S/C19H27NO/c1-4-19(2,3)17-11-10-16(14-17)18(21)20-13-12-15-8-6-5-7-9-15/h4-9,16-17H,1,10-14H2,2-3H3,(H,20,21). The molecule has 1 aromatic carbocycles. The highest BCUT2D eigenvalue weighted by atomic mass is 16.1. The molecule has 2 nitrogen and oxygen atoms in total. The van der Waals surface area contributed by atoms with Crippen molar-refractivity contribution in [1.82, 2.24) is 5.32 Å². The van der Waals surface area contributed by atoms with E-state index in [1.165, 1.54) is 5.56 Å². The second-order valence-corrected chi connectivity index (χ2v) is 6.76. The van der Waals surface area contributed by atoms with E-state index < -0.39 is 0 Å². The predicted octanol–water partition coefficient (Wildman–Crippen LogP) is 3.97. The fourth-order valence-corrected chi connectivity index (χ4v) is 3.18. The summed E-state index contributed by atoms with van der Waals surface area (Å²) in [7, 11) is 0. The first-order valence-corrected chi connectivity index (χ1v) is 7.98. The van der Waals surface area contributed by atoms with Crippen LogP contribution in [-0.2, 0) is 11.2 Å². The quantitative estimate of drug-likeness (QED) is 0.787. The van der Waals surface area contributed by atoms with E-state index in [9.17, 15) is 4.79 Å². The Hall–Kier alpha value is -1.57. The van der Waals surface area contributed by atoms with Gasteiger partial charge in [-0.1, -0.05) is 50.3 Å². The lowest BCUT2D eigenvalue weighted by Gasteiger charge is -2.27. The lowest BCUT2D eigenvalue weighted by Crippen LogP contribution is -2.31. The van der Waals surface area contributed by atoms with Gasteiger partial charge in [-0.15, -0.1) is 6.58 Å². The smallest absolute Gasteiger partial charge is 0.223 e. The van der Waals surface area contributed by atoms with Crippen LogP contribution in [0.25, 0.3) is 0 Å². The fraction of sp³-hybridized carbons (Fsp3) is 0.526. The normalized spacial score (nSPS) is 22.0. The second kappa shape index (κ2) is 6.93. The Bertz CT molecular complexity index is 478. The molecule has 1 saturated carbocycles. The highest BCUT2D eigenvalue weighted by Crippen LogP contribution is 2.43. The highest BCUT2D eigenvalue weighted by Gasteiger charge is 2.36. The topological polar surface area (TPSA) is 29.1 Å². The lowest BCUT2D eigenvalue weighted by atomic mass is 9.77. The molecule has 21 heavy (non-hydrogen) atoms. The third-order valence-corrected chi connectivity index (χ3v) is 4.94. The summed E-state index contributed by atoms with van der Waals surface area (Å²) >= 11 is 0. The van der Waals surface area contributed by atoms with Crippen molar-refractivity contribution in [2.45, 2.75) is 39.5 Å². The average molecular weight is 285 g/mol. The zero-order chi connectivity index (χ0) is 15.3. The number of rotatable bonds is 6. The van der Waals surface area contributed by atoms with Crippen LogP contribution in [0.3, 0.4) is 0 Å². The van der Waals surface area contributed by atoms with Crippen LogP contribution in [0.1, 0.15) is 38.7 Å². The number of hydrogen-bond acceptors (Lipinski definition) is 1. The van der Waals surface area contributed by atoms with Gasteiger partial charge in [0.25, 0.3) is 0 Å². The molecule has 114 valence electrons. The molecule has 1 fully saturated rings. The zero-order valence-electron chi connectivity index (χ0n) is 13.3. The summed E-state index contributed by atoms with van der Waals surface area (Å²) in [5, 5.41) is 3.10. The van der Waals surface area contributed by atoms with Crippen molar-refractivity contribution in [2.24, 2.45) is 17.3 Å². The molecule has 1 aliphatic carbocycles. The van der Waals surface area contributed by atoms with Gasteiger partial charge in [-0.25, -0.2) is 0 Å². The van der Waals surface area contributed by atoms with Crippen molar-refractivity contribution < 1.29 is 4.79 Å². The van der Waals surface area contributed by atoms with Crippen LogP contribution in [0.5, 0.6) is 0 Å². The fourth-order valence-electron chi connectivity index (χ4n) is 3.18. The SMILES string of the molecule is C=CC(C)(C)C1CCC(C(=O)NCCc2ccccc2)C1. The number of carbonyl (C=O) groups excluding carboxylic acids is 1. The summed E-state index contributed by atoms with van der Waals surface area (Å²) in [4.78, 5) is 12.3. The van der Waals surface area contributed by atoms with E-state index in [0.717, 1.165) is 32.2 Å². The van der Waals surface area contributed by atoms with Crippen LogP contribution in [-0.4, -0.2) is 12.5 Å². The molecule has 0 bridgehead atoms. The summed E-state index contributed by atoms with van der Waals surface area (Å²) < 4.78 is 0. The monoisotopic (exact) mass is 285 g/mol. The Kier molecular flexibility index (Phi) is 5.22. The molecule has 1 amide bonds. The van der Waals surface area contributed by atoms with Gasteiger partial charge in [0, 0.05) is 12.5 Å². The van der Waals surface area contributed by atoms with Crippen LogP contribution in [0.15, 0.2) is 43.0 Å². The van der Waals surface area contributed by atoms with E-state index in [2.05, 4.69) is 37.9 Å². The molecule has 1 aliphatic rings. The minimum atomic E-state index is 0.138. The van der Waals surface area contributed by atoms with E-state index >= 15 is 0 Å². The first kappa shape index (κ1) is 15.8. The minimum Gasteiger partial charge on any atom is -0.356 e. The number of benzene rings is 1. The van der Waals surface area contributed by atoms with Gasteiger partial charge in [0.1, 0.15) is 0 Å². The Labute approximate surface area is 128 Å². The van der Waals surface area contributed by atoms with Crippen molar-refractivity contribution >= 4 is 5.91 Å². The maximum absolute atomic E-state index is 12.3. The first-order valence-electron chi connectivity index (χ1n) is 7.98. The molecule has 2 heteroatoms. The molecule has 0 saturated heterocycles. The van der Waals surface area contributed by atoms with E-state index in [1.54, 1.807) is 0 Å². The maximum atomic E-state index is 12.3. The maximum Gasteiger partial charge on any atom is 0.223 e. The van der Waals surface area contributed by atoms with Crippen molar-refractivity contribution in [2.75, 3.05) is 6.54 Å². The van der Waals surface area contributed by atoms with Crippen molar-refractivity contribution in [3.8, 4) is 0 Å². The Morgan fingerprint density at radius 3 is 2.71 bits per heavy atom.